The minimum absolute atomic E-state index is 0.0932. The van der Waals surface area contributed by atoms with Crippen molar-refractivity contribution in [2.75, 3.05) is 48.7 Å². The first-order chi connectivity index (χ1) is 17.1. The minimum Gasteiger partial charge on any atom is -0.398 e. The largest absolute Gasteiger partial charge is 0.418 e. The number of hydrogen-bond acceptors (Lipinski definition) is 5. The van der Waals surface area contributed by atoms with Gasteiger partial charge in [-0.25, -0.2) is 0 Å². The van der Waals surface area contributed by atoms with Gasteiger partial charge in [-0.2, -0.15) is 13.2 Å². The number of nitrogen functional groups attached to an aromatic ring is 1. The molecule has 0 spiro atoms. The fourth-order valence-corrected chi connectivity index (χ4v) is 5.22. The van der Waals surface area contributed by atoms with Gasteiger partial charge < -0.3 is 25.6 Å². The lowest BCUT2D eigenvalue weighted by Gasteiger charge is -2.38. The van der Waals surface area contributed by atoms with E-state index in [-0.39, 0.29) is 17.8 Å². The normalized spacial score (nSPS) is 20.9. The first-order valence-electron chi connectivity index (χ1n) is 11.9. The number of alkyl halides is 3. The van der Waals surface area contributed by atoms with Crippen molar-refractivity contribution in [1.82, 2.24) is 4.90 Å². The second-order valence-corrected chi connectivity index (χ2v) is 10.5. The number of benzene rings is 2. The zero-order valence-corrected chi connectivity index (χ0v) is 22.0. The van der Waals surface area contributed by atoms with E-state index in [1.807, 2.05) is 18.2 Å². The average molecular weight is 562 g/mol. The molecule has 2 aliphatic rings. The van der Waals surface area contributed by atoms with Crippen LogP contribution in [-0.2, 0) is 10.9 Å². The molecule has 36 heavy (non-hydrogen) atoms. The summed E-state index contributed by atoms with van der Waals surface area (Å²) in [4.78, 5) is 5.23. The van der Waals surface area contributed by atoms with Crippen LogP contribution in [0.4, 0.5) is 30.2 Å². The Hall–Kier alpha value is -1.94. The van der Waals surface area contributed by atoms with Gasteiger partial charge >= 0.3 is 6.18 Å². The van der Waals surface area contributed by atoms with Gasteiger partial charge in [-0.05, 0) is 62.1 Å². The van der Waals surface area contributed by atoms with Crippen LogP contribution < -0.4 is 16.0 Å². The van der Waals surface area contributed by atoms with Crippen molar-refractivity contribution in [2.45, 2.75) is 44.0 Å². The highest BCUT2D eigenvalue weighted by Gasteiger charge is 2.33. The predicted octanol–water partition coefficient (Wildman–Crippen LogP) is 6.48. The SMILES string of the molecule is Nc1ccc(NC2CCC(OCC(=S)N3CCN(c4ccc(Cl)c(Cl)c4)CC3)CC2)cc1C(F)(F)F. The highest BCUT2D eigenvalue weighted by Crippen LogP contribution is 2.36. The molecule has 0 atom stereocenters. The molecule has 1 aliphatic carbocycles. The number of nitrogens with zero attached hydrogens (tertiary/aromatic N) is 2. The topological polar surface area (TPSA) is 53.8 Å². The van der Waals surface area contributed by atoms with Crippen LogP contribution >= 0.6 is 35.4 Å². The smallest absolute Gasteiger partial charge is 0.398 e. The molecule has 2 aromatic rings. The standard InChI is InChI=1S/C25H29Cl2F3N4OS/c26-21-7-4-18(14-22(21)27)33-9-11-34(12-10-33)24(36)15-35-19-5-1-16(2-6-19)32-17-3-8-23(31)20(13-17)25(28,29)30/h3-4,7-8,13-14,16,19,32H,1-2,5-6,9-12,15,31H2. The molecule has 1 saturated carbocycles. The van der Waals surface area contributed by atoms with Gasteiger partial charge in [0.15, 0.2) is 0 Å². The van der Waals surface area contributed by atoms with E-state index in [9.17, 15) is 13.2 Å². The molecular weight excluding hydrogens is 532 g/mol. The minimum atomic E-state index is -4.47. The number of piperazine rings is 1. The van der Waals surface area contributed by atoms with E-state index in [1.165, 1.54) is 6.07 Å². The molecule has 3 N–H and O–H groups in total. The first-order valence-corrected chi connectivity index (χ1v) is 13.1. The molecule has 0 bridgehead atoms. The van der Waals surface area contributed by atoms with Gasteiger partial charge in [0.1, 0.15) is 4.99 Å². The highest BCUT2D eigenvalue weighted by atomic mass is 35.5. The summed E-state index contributed by atoms with van der Waals surface area (Å²) in [6.45, 7) is 3.67. The van der Waals surface area contributed by atoms with Crippen LogP contribution in [0.1, 0.15) is 31.2 Å². The van der Waals surface area contributed by atoms with Gasteiger partial charge in [0, 0.05) is 49.3 Å². The number of halogens is 5. The fraction of sp³-hybridized carbons (Fsp3) is 0.480. The molecule has 0 amide bonds. The molecule has 11 heteroatoms. The van der Waals surface area contributed by atoms with Gasteiger partial charge in [-0.3, -0.25) is 0 Å². The summed E-state index contributed by atoms with van der Waals surface area (Å²) in [7, 11) is 0. The number of anilines is 3. The average Bonchev–Trinajstić information content (AvgIpc) is 2.85. The van der Waals surface area contributed by atoms with Crippen molar-refractivity contribution < 1.29 is 17.9 Å². The van der Waals surface area contributed by atoms with Crippen molar-refractivity contribution in [3.63, 3.8) is 0 Å². The molecule has 2 aromatic carbocycles. The Balaban J connectivity index is 1.18. The van der Waals surface area contributed by atoms with Gasteiger partial charge in [0.2, 0.25) is 0 Å². The summed E-state index contributed by atoms with van der Waals surface area (Å²) in [6, 6.07) is 9.73. The molecular formula is C25H29Cl2F3N4OS. The number of hydrogen-bond donors (Lipinski definition) is 2. The third-order valence-corrected chi connectivity index (χ3v) is 7.86. The lowest BCUT2D eigenvalue weighted by Crippen LogP contribution is -2.49. The van der Waals surface area contributed by atoms with Crippen LogP contribution in [0.2, 0.25) is 10.0 Å². The van der Waals surface area contributed by atoms with Crippen LogP contribution in [-0.4, -0.2) is 54.8 Å². The predicted molar refractivity (Wildman–Crippen MR) is 144 cm³/mol. The summed E-state index contributed by atoms with van der Waals surface area (Å²) in [5.41, 5.74) is 5.90. The maximum Gasteiger partial charge on any atom is 0.418 e. The molecule has 2 fully saturated rings. The summed E-state index contributed by atoms with van der Waals surface area (Å²) < 4.78 is 45.4. The molecule has 4 rings (SSSR count). The van der Waals surface area contributed by atoms with Crippen molar-refractivity contribution in [2.24, 2.45) is 0 Å². The highest BCUT2D eigenvalue weighted by molar-refractivity contribution is 7.80. The van der Waals surface area contributed by atoms with Crippen molar-refractivity contribution in [3.8, 4) is 0 Å². The Morgan fingerprint density at radius 2 is 1.69 bits per heavy atom. The van der Waals surface area contributed by atoms with Crippen molar-refractivity contribution in [3.05, 3.63) is 52.0 Å². The Kier molecular flexibility index (Phi) is 8.75. The molecule has 1 aliphatic heterocycles. The van der Waals surface area contributed by atoms with Crippen LogP contribution in [0.15, 0.2) is 36.4 Å². The van der Waals surface area contributed by atoms with Crippen molar-refractivity contribution >= 4 is 57.5 Å². The van der Waals surface area contributed by atoms with Gasteiger partial charge in [-0.1, -0.05) is 35.4 Å². The Labute approximate surface area is 224 Å². The summed E-state index contributed by atoms with van der Waals surface area (Å²) in [5, 5.41) is 4.31. The van der Waals surface area contributed by atoms with E-state index in [0.717, 1.165) is 68.6 Å². The lowest BCUT2D eigenvalue weighted by atomic mass is 9.92. The lowest BCUT2D eigenvalue weighted by molar-refractivity contribution is -0.136. The molecule has 5 nitrogen and oxygen atoms in total. The van der Waals surface area contributed by atoms with E-state index in [0.29, 0.717) is 22.3 Å². The van der Waals surface area contributed by atoms with Crippen LogP contribution in [0.3, 0.4) is 0 Å². The van der Waals surface area contributed by atoms with Crippen LogP contribution in [0.25, 0.3) is 0 Å². The van der Waals surface area contributed by atoms with E-state index in [1.54, 1.807) is 6.07 Å². The molecule has 0 radical (unpaired) electrons. The van der Waals surface area contributed by atoms with E-state index in [4.69, 9.17) is 45.9 Å². The number of ether oxygens (including phenoxy) is 1. The van der Waals surface area contributed by atoms with Gasteiger partial charge in [-0.15, -0.1) is 0 Å². The van der Waals surface area contributed by atoms with Crippen LogP contribution in [0.5, 0.6) is 0 Å². The summed E-state index contributed by atoms with van der Waals surface area (Å²) >= 11 is 17.8. The van der Waals surface area contributed by atoms with Gasteiger partial charge in [0.25, 0.3) is 0 Å². The van der Waals surface area contributed by atoms with Crippen molar-refractivity contribution in [1.29, 1.82) is 0 Å². The van der Waals surface area contributed by atoms with E-state index < -0.39 is 11.7 Å². The van der Waals surface area contributed by atoms with Crippen LogP contribution in [0, 0.1) is 0 Å². The summed E-state index contributed by atoms with van der Waals surface area (Å²) in [6.07, 6.45) is -1.10. The van der Waals surface area contributed by atoms with E-state index >= 15 is 0 Å². The molecule has 1 heterocycles. The van der Waals surface area contributed by atoms with Gasteiger partial charge in [0.05, 0.1) is 28.3 Å². The zero-order valence-electron chi connectivity index (χ0n) is 19.7. The number of thiocarbonyl (C=S) groups is 1. The maximum absolute atomic E-state index is 13.1. The number of nitrogens with one attached hydrogen (secondary N) is 1. The molecule has 0 aromatic heterocycles. The molecule has 0 unspecified atom stereocenters. The molecule has 196 valence electrons. The first kappa shape index (κ1) is 27.1. The third-order valence-electron chi connectivity index (χ3n) is 6.75. The second-order valence-electron chi connectivity index (χ2n) is 9.20. The Morgan fingerprint density at radius 3 is 2.33 bits per heavy atom. The fourth-order valence-electron chi connectivity index (χ4n) is 4.68. The third kappa shape index (κ3) is 6.88. The monoisotopic (exact) mass is 560 g/mol. The molecule has 1 saturated heterocycles. The quantitative estimate of drug-likeness (QED) is 0.311. The Morgan fingerprint density at radius 1 is 1.00 bits per heavy atom. The summed E-state index contributed by atoms with van der Waals surface area (Å²) in [5.74, 6) is 0. The number of nitrogens with two attached hydrogens (primary N) is 1. The Bertz CT molecular complexity index is 1070. The second kappa shape index (κ2) is 11.6. The zero-order chi connectivity index (χ0) is 25.9. The number of rotatable bonds is 6. The van der Waals surface area contributed by atoms with E-state index in [2.05, 4.69) is 15.1 Å². The maximum atomic E-state index is 13.1.